The fourth-order valence-electron chi connectivity index (χ4n) is 4.15. The summed E-state index contributed by atoms with van der Waals surface area (Å²) in [6.45, 7) is -0.225. The summed E-state index contributed by atoms with van der Waals surface area (Å²) in [5, 5.41) is 0.668. The first-order valence-corrected chi connectivity index (χ1v) is 16.5. The van der Waals surface area contributed by atoms with E-state index in [-0.39, 0.29) is 37.1 Å². The lowest BCUT2D eigenvalue weighted by atomic mass is 10.1. The Morgan fingerprint density at radius 1 is 0.854 bits per heavy atom. The second-order valence-corrected chi connectivity index (χ2v) is 14.2. The van der Waals surface area contributed by atoms with Crippen LogP contribution in [0.4, 0.5) is 32.0 Å². The van der Waals surface area contributed by atoms with Crippen LogP contribution < -0.4 is 9.47 Å². The molecule has 0 saturated carbocycles. The Morgan fingerprint density at radius 2 is 1.44 bits per heavy atom. The number of thioether (sulfide) groups is 1. The molecule has 2 aromatic carbocycles. The van der Waals surface area contributed by atoms with Crippen LogP contribution in [0.3, 0.4) is 0 Å². The number of nitrogens with zero attached hydrogens (tertiary/aromatic N) is 2. The Labute approximate surface area is 238 Å². The highest BCUT2D eigenvalue weighted by Gasteiger charge is 2.36. The molecule has 0 fully saturated rings. The number of aromatic nitrogens is 1. The zero-order valence-corrected chi connectivity index (χ0v) is 23.9. The van der Waals surface area contributed by atoms with Crippen LogP contribution in [0.5, 0.6) is 0 Å². The van der Waals surface area contributed by atoms with E-state index in [1.54, 1.807) is 0 Å². The maximum atomic E-state index is 13.4. The lowest BCUT2D eigenvalue weighted by molar-refractivity contribution is -0.668. The molecular formula is C23H21F6N2O6S4+. The SMILES string of the molecule is O=S(=O)(O)CCCN1C(=Cc2sc3ccc(C(F)(F)F)cc3[n+]2CCCS(=O)(=O)O)Sc2ccc(C(F)(F)F)cc21. The summed E-state index contributed by atoms with van der Waals surface area (Å²) in [5.41, 5.74) is -1.63. The Kier molecular flexibility index (Phi) is 8.75. The van der Waals surface area contributed by atoms with E-state index in [0.29, 0.717) is 19.6 Å². The molecule has 0 spiro atoms. The molecule has 0 amide bonds. The largest absolute Gasteiger partial charge is 0.416 e. The van der Waals surface area contributed by atoms with Crippen molar-refractivity contribution in [2.75, 3.05) is 23.0 Å². The molecule has 2 heterocycles. The van der Waals surface area contributed by atoms with Gasteiger partial charge in [0.1, 0.15) is 4.70 Å². The molecule has 0 saturated heterocycles. The zero-order chi connectivity index (χ0) is 30.4. The summed E-state index contributed by atoms with van der Waals surface area (Å²) < 4.78 is 146. The quantitative estimate of drug-likeness (QED) is 0.171. The van der Waals surface area contributed by atoms with Crippen molar-refractivity contribution in [3.05, 3.63) is 57.6 Å². The number of fused-ring (bicyclic) bond motifs is 2. The van der Waals surface area contributed by atoms with Crippen LogP contribution in [0.15, 0.2) is 46.3 Å². The van der Waals surface area contributed by atoms with E-state index in [4.69, 9.17) is 9.11 Å². The maximum absolute atomic E-state index is 13.4. The predicted octanol–water partition coefficient (Wildman–Crippen LogP) is 5.69. The Balaban J connectivity index is 1.81. The van der Waals surface area contributed by atoms with Crippen LogP contribution in [0, 0.1) is 0 Å². The second kappa shape index (κ2) is 11.4. The molecule has 1 aliphatic rings. The van der Waals surface area contributed by atoms with Crippen molar-refractivity contribution in [3.63, 3.8) is 0 Å². The van der Waals surface area contributed by atoms with Gasteiger partial charge in [0.05, 0.1) is 39.4 Å². The number of alkyl halides is 6. The van der Waals surface area contributed by atoms with Crippen LogP contribution in [0.25, 0.3) is 16.3 Å². The first-order chi connectivity index (χ1) is 18.8. The monoisotopic (exact) mass is 663 g/mol. The molecule has 0 bridgehead atoms. The van der Waals surface area contributed by atoms with Gasteiger partial charge in [-0.05, 0) is 36.8 Å². The van der Waals surface area contributed by atoms with Gasteiger partial charge in [-0.15, -0.1) is 0 Å². The molecule has 3 aromatic rings. The average molecular weight is 664 g/mol. The molecule has 0 radical (unpaired) electrons. The van der Waals surface area contributed by atoms with E-state index in [9.17, 15) is 43.2 Å². The van der Waals surface area contributed by atoms with Crippen molar-refractivity contribution in [3.8, 4) is 0 Å². The van der Waals surface area contributed by atoms with Crippen LogP contribution in [-0.2, 0) is 39.1 Å². The number of hydrogen-bond donors (Lipinski definition) is 2. The van der Waals surface area contributed by atoms with Crippen LogP contribution >= 0.6 is 23.1 Å². The number of thiazole rings is 1. The van der Waals surface area contributed by atoms with Gasteiger partial charge in [0, 0.05) is 23.9 Å². The van der Waals surface area contributed by atoms with Crippen LogP contribution in [0.2, 0.25) is 0 Å². The topological polar surface area (TPSA) is 116 Å². The van der Waals surface area contributed by atoms with E-state index in [0.717, 1.165) is 47.4 Å². The first kappa shape index (κ1) is 31.6. The summed E-state index contributed by atoms with van der Waals surface area (Å²) in [7, 11) is -8.72. The minimum absolute atomic E-state index is 0.112. The highest BCUT2D eigenvalue weighted by molar-refractivity contribution is 8.04. The third-order valence-electron chi connectivity index (χ3n) is 5.93. The molecule has 0 unspecified atom stereocenters. The molecule has 0 aliphatic carbocycles. The smallest absolute Gasteiger partial charge is 0.335 e. The normalized spacial score (nSPS) is 15.7. The number of halogens is 6. The van der Waals surface area contributed by atoms with Gasteiger partial charge in [-0.1, -0.05) is 23.1 Å². The van der Waals surface area contributed by atoms with Crippen molar-refractivity contribution in [1.82, 2.24) is 0 Å². The van der Waals surface area contributed by atoms with Gasteiger partial charge in [-0.25, -0.2) is 0 Å². The third-order valence-corrected chi connectivity index (χ3v) is 9.76. The molecule has 1 aliphatic heterocycles. The lowest BCUT2D eigenvalue weighted by Gasteiger charge is -2.20. The van der Waals surface area contributed by atoms with Crippen molar-refractivity contribution in [2.24, 2.45) is 0 Å². The maximum Gasteiger partial charge on any atom is 0.416 e. The van der Waals surface area contributed by atoms with E-state index >= 15 is 0 Å². The minimum Gasteiger partial charge on any atom is -0.335 e. The summed E-state index contributed by atoms with van der Waals surface area (Å²) in [6, 6.07) is 6.08. The van der Waals surface area contributed by atoms with Crippen molar-refractivity contribution < 1.29 is 56.9 Å². The summed E-state index contributed by atoms with van der Waals surface area (Å²) >= 11 is 2.11. The highest BCUT2D eigenvalue weighted by atomic mass is 32.2. The molecule has 18 heteroatoms. The fraction of sp³-hybridized carbons (Fsp3) is 0.348. The van der Waals surface area contributed by atoms with Gasteiger partial charge < -0.3 is 4.90 Å². The molecule has 1 aromatic heterocycles. The third kappa shape index (κ3) is 7.92. The van der Waals surface area contributed by atoms with Gasteiger partial charge in [0.2, 0.25) is 5.52 Å². The van der Waals surface area contributed by atoms with Gasteiger partial charge in [0.25, 0.3) is 25.2 Å². The van der Waals surface area contributed by atoms with Crippen molar-refractivity contribution in [1.29, 1.82) is 0 Å². The molecule has 0 atom stereocenters. The van der Waals surface area contributed by atoms with E-state index in [2.05, 4.69) is 0 Å². The number of benzene rings is 2. The lowest BCUT2D eigenvalue weighted by Crippen LogP contribution is -2.36. The number of anilines is 1. The Bertz CT molecular complexity index is 1720. The first-order valence-electron chi connectivity index (χ1n) is 11.6. The van der Waals surface area contributed by atoms with Gasteiger partial charge >= 0.3 is 12.4 Å². The van der Waals surface area contributed by atoms with E-state index in [1.807, 2.05) is 0 Å². The molecule has 8 nitrogen and oxygen atoms in total. The fourth-order valence-corrected chi connectivity index (χ4v) is 7.42. The Morgan fingerprint density at radius 3 is 2.05 bits per heavy atom. The zero-order valence-electron chi connectivity index (χ0n) is 20.6. The van der Waals surface area contributed by atoms with Crippen LogP contribution in [-0.4, -0.2) is 44.0 Å². The standard InChI is InChI=1S/C23H20F6N2O6S4/c24-22(25,26)14-3-5-18-16(11-14)30(7-1-9-40(32,33)34)20(38-18)13-21-31(8-2-10-41(35,36)37)17-12-15(23(27,28)29)4-6-19(17)39-21/h3-6,11-13H,1-2,7-10H2,(H-,32,33,34,35,36,37)/p+1. The number of aryl methyl sites for hydroxylation is 1. The number of hydrogen-bond acceptors (Lipinski definition) is 7. The summed E-state index contributed by atoms with van der Waals surface area (Å²) in [5.74, 6) is -1.32. The summed E-state index contributed by atoms with van der Waals surface area (Å²) in [6.07, 6.45) is -8.12. The van der Waals surface area contributed by atoms with E-state index in [1.165, 1.54) is 27.7 Å². The molecule has 2 N–H and O–H groups in total. The Hall–Kier alpha value is -2.38. The van der Waals surface area contributed by atoms with Crippen molar-refractivity contribution >= 4 is 65.3 Å². The van der Waals surface area contributed by atoms with Crippen LogP contribution in [0.1, 0.15) is 29.0 Å². The highest BCUT2D eigenvalue weighted by Crippen LogP contribution is 2.49. The predicted molar refractivity (Wildman–Crippen MR) is 142 cm³/mol. The molecule has 224 valence electrons. The van der Waals surface area contributed by atoms with E-state index < -0.39 is 55.2 Å². The molecule has 41 heavy (non-hydrogen) atoms. The minimum atomic E-state index is -4.66. The second-order valence-electron chi connectivity index (χ2n) is 8.97. The average Bonchev–Trinajstić information content (AvgIpc) is 3.33. The van der Waals surface area contributed by atoms with Gasteiger partial charge in [-0.2, -0.15) is 47.7 Å². The van der Waals surface area contributed by atoms with Crippen molar-refractivity contribution in [2.45, 2.75) is 36.6 Å². The summed E-state index contributed by atoms with van der Waals surface area (Å²) in [4.78, 5) is 1.84. The molecular weight excluding hydrogens is 643 g/mol. The van der Waals surface area contributed by atoms with Gasteiger partial charge in [-0.3, -0.25) is 9.11 Å². The molecule has 4 rings (SSSR count). The van der Waals surface area contributed by atoms with Gasteiger partial charge in [0.15, 0.2) is 6.54 Å². The number of rotatable bonds is 9.